The van der Waals surface area contributed by atoms with E-state index in [0.29, 0.717) is 19.0 Å². The molecule has 106 valence electrons. The summed E-state index contributed by atoms with van der Waals surface area (Å²) in [6.07, 6.45) is 0. The molecule has 0 unspecified atom stereocenters. The first kappa shape index (κ1) is 15.4. The normalized spacial score (nSPS) is 10.6. The highest BCUT2D eigenvalue weighted by molar-refractivity contribution is 5.90. The molecular weight excluding hydrogens is 242 g/mol. The van der Waals surface area contributed by atoms with E-state index in [-0.39, 0.29) is 6.03 Å². The molecule has 0 fully saturated rings. The fourth-order valence-electron chi connectivity index (χ4n) is 1.67. The number of aryl methyl sites for hydroxylation is 2. The van der Waals surface area contributed by atoms with Crippen molar-refractivity contribution in [2.45, 2.75) is 20.8 Å². The van der Waals surface area contributed by atoms with E-state index >= 15 is 0 Å². The molecule has 1 N–H and O–H groups in total. The van der Waals surface area contributed by atoms with E-state index in [4.69, 9.17) is 0 Å². The highest BCUT2D eigenvalue weighted by Gasteiger charge is 2.18. The van der Waals surface area contributed by atoms with Crippen LogP contribution in [0.15, 0.2) is 6.07 Å². The van der Waals surface area contributed by atoms with Crippen LogP contribution in [-0.4, -0.2) is 54.6 Å². The number of anilines is 1. The molecule has 1 aromatic heterocycles. The van der Waals surface area contributed by atoms with Crippen molar-refractivity contribution < 1.29 is 4.79 Å². The van der Waals surface area contributed by atoms with Gasteiger partial charge in [0, 0.05) is 31.0 Å². The Bertz CT molecular complexity index is 413. The van der Waals surface area contributed by atoms with Gasteiger partial charge < -0.3 is 10.2 Å². The Labute approximate surface area is 114 Å². The van der Waals surface area contributed by atoms with Crippen LogP contribution in [0.1, 0.15) is 18.3 Å². The molecule has 0 aliphatic heterocycles. The molecule has 0 saturated carbocycles. The Morgan fingerprint density at radius 1 is 1.21 bits per heavy atom. The van der Waals surface area contributed by atoms with Gasteiger partial charge in [0.1, 0.15) is 0 Å². The third-order valence-electron chi connectivity index (χ3n) is 2.56. The smallest absolute Gasteiger partial charge is 0.324 e. The van der Waals surface area contributed by atoms with Gasteiger partial charge in [-0.2, -0.15) is 0 Å². The molecule has 0 bridgehead atoms. The molecule has 1 aromatic rings. The number of likely N-dealkylation sites (N-methyl/N-ethyl adjacent to an activating group) is 1. The summed E-state index contributed by atoms with van der Waals surface area (Å²) in [6.45, 7) is 7.60. The van der Waals surface area contributed by atoms with Crippen LogP contribution in [0.4, 0.5) is 10.7 Å². The minimum absolute atomic E-state index is 0.158. The fourth-order valence-corrected chi connectivity index (χ4v) is 1.67. The molecule has 0 aromatic carbocycles. The lowest BCUT2D eigenvalue weighted by Crippen LogP contribution is -2.44. The zero-order chi connectivity index (χ0) is 14.4. The highest BCUT2D eigenvalue weighted by atomic mass is 16.2. The van der Waals surface area contributed by atoms with Gasteiger partial charge in [0.2, 0.25) is 5.95 Å². The molecule has 2 amide bonds. The van der Waals surface area contributed by atoms with Gasteiger partial charge in [-0.15, -0.1) is 0 Å². The lowest BCUT2D eigenvalue weighted by Gasteiger charge is -2.23. The molecule has 0 saturated heterocycles. The van der Waals surface area contributed by atoms with Gasteiger partial charge >= 0.3 is 6.03 Å². The molecule has 19 heavy (non-hydrogen) atoms. The number of nitrogens with one attached hydrogen (secondary N) is 1. The van der Waals surface area contributed by atoms with Crippen molar-refractivity contribution >= 4 is 12.0 Å². The zero-order valence-corrected chi connectivity index (χ0v) is 12.4. The predicted octanol–water partition coefficient (Wildman–Crippen LogP) is 1.19. The van der Waals surface area contributed by atoms with E-state index in [9.17, 15) is 4.79 Å². The summed E-state index contributed by atoms with van der Waals surface area (Å²) in [6, 6.07) is 1.74. The van der Waals surface area contributed by atoms with Crippen LogP contribution in [0.25, 0.3) is 0 Å². The summed E-state index contributed by atoms with van der Waals surface area (Å²) in [4.78, 5) is 24.4. The van der Waals surface area contributed by atoms with Crippen LogP contribution in [0.3, 0.4) is 0 Å². The number of carbonyl (C=O) groups excluding carboxylic acids is 1. The number of amides is 2. The zero-order valence-electron chi connectivity index (χ0n) is 12.4. The maximum absolute atomic E-state index is 12.1. The van der Waals surface area contributed by atoms with Gasteiger partial charge in [-0.3, -0.25) is 4.90 Å². The van der Waals surface area contributed by atoms with Gasteiger partial charge in [0.25, 0.3) is 0 Å². The largest absolute Gasteiger partial charge is 0.338 e. The van der Waals surface area contributed by atoms with Crippen molar-refractivity contribution in [1.82, 2.24) is 20.2 Å². The molecule has 0 aliphatic carbocycles. The van der Waals surface area contributed by atoms with Crippen LogP contribution in [0.2, 0.25) is 0 Å². The summed E-state index contributed by atoms with van der Waals surface area (Å²) < 4.78 is 0. The number of rotatable bonds is 5. The minimum Gasteiger partial charge on any atom is -0.338 e. The van der Waals surface area contributed by atoms with Crippen LogP contribution >= 0.6 is 0 Å². The number of nitrogens with zero attached hydrogens (tertiary/aromatic N) is 4. The standard InChI is InChI=1S/C13H23N5O/c1-6-14-13(19)18(8-7-17(4)5)12-15-10(2)9-11(3)16-12/h9H,6-8H2,1-5H3,(H,14,19). The Hall–Kier alpha value is -1.69. The van der Waals surface area contributed by atoms with Crippen LogP contribution in [0.5, 0.6) is 0 Å². The third kappa shape index (κ3) is 4.82. The highest BCUT2D eigenvalue weighted by Crippen LogP contribution is 2.10. The molecule has 0 radical (unpaired) electrons. The second-order valence-electron chi connectivity index (χ2n) is 4.74. The van der Waals surface area contributed by atoms with Crippen molar-refractivity contribution in [2.24, 2.45) is 0 Å². The second-order valence-corrected chi connectivity index (χ2v) is 4.74. The Kier molecular flexibility index (Phi) is 5.69. The molecule has 0 aliphatic rings. The summed E-state index contributed by atoms with van der Waals surface area (Å²) >= 11 is 0. The van der Waals surface area contributed by atoms with E-state index < -0.39 is 0 Å². The van der Waals surface area contributed by atoms with Crippen molar-refractivity contribution in [3.63, 3.8) is 0 Å². The SMILES string of the molecule is CCNC(=O)N(CCN(C)C)c1nc(C)cc(C)n1. The van der Waals surface area contributed by atoms with Gasteiger partial charge in [-0.25, -0.2) is 14.8 Å². The van der Waals surface area contributed by atoms with Crippen LogP contribution < -0.4 is 10.2 Å². The number of hydrogen-bond acceptors (Lipinski definition) is 4. The van der Waals surface area contributed by atoms with E-state index in [1.165, 1.54) is 0 Å². The van der Waals surface area contributed by atoms with Gasteiger partial charge in [-0.1, -0.05) is 0 Å². The minimum atomic E-state index is -0.158. The Morgan fingerprint density at radius 2 is 1.79 bits per heavy atom. The van der Waals surface area contributed by atoms with Crippen molar-refractivity contribution in [3.8, 4) is 0 Å². The number of urea groups is 1. The second kappa shape index (κ2) is 7.04. The molecule has 0 atom stereocenters. The summed E-state index contributed by atoms with van der Waals surface area (Å²) in [7, 11) is 3.94. The lowest BCUT2D eigenvalue weighted by atomic mass is 10.3. The predicted molar refractivity (Wildman–Crippen MR) is 76.5 cm³/mol. The number of carbonyl (C=O) groups is 1. The molecule has 1 rings (SSSR count). The third-order valence-corrected chi connectivity index (χ3v) is 2.56. The molecule has 6 nitrogen and oxygen atoms in total. The fraction of sp³-hybridized carbons (Fsp3) is 0.615. The average molecular weight is 265 g/mol. The van der Waals surface area contributed by atoms with E-state index in [1.54, 1.807) is 4.90 Å². The molecule has 0 spiro atoms. The Morgan fingerprint density at radius 3 is 2.26 bits per heavy atom. The first-order valence-corrected chi connectivity index (χ1v) is 6.46. The summed E-state index contributed by atoms with van der Waals surface area (Å²) in [5, 5.41) is 2.80. The molecular formula is C13H23N5O. The van der Waals surface area contributed by atoms with E-state index in [2.05, 4.69) is 15.3 Å². The van der Waals surface area contributed by atoms with Crippen molar-refractivity contribution in [1.29, 1.82) is 0 Å². The number of aromatic nitrogens is 2. The quantitative estimate of drug-likeness (QED) is 0.868. The van der Waals surface area contributed by atoms with Gasteiger partial charge in [0.05, 0.1) is 0 Å². The first-order chi connectivity index (χ1) is 8.93. The maximum Gasteiger partial charge on any atom is 0.324 e. The average Bonchev–Trinajstić information content (AvgIpc) is 2.27. The van der Waals surface area contributed by atoms with Crippen LogP contribution in [0, 0.1) is 13.8 Å². The topological polar surface area (TPSA) is 61.4 Å². The number of hydrogen-bond donors (Lipinski definition) is 1. The van der Waals surface area contributed by atoms with Gasteiger partial charge in [0.15, 0.2) is 0 Å². The van der Waals surface area contributed by atoms with Crippen molar-refractivity contribution in [3.05, 3.63) is 17.5 Å². The molecule has 1 heterocycles. The van der Waals surface area contributed by atoms with Crippen LogP contribution in [-0.2, 0) is 0 Å². The van der Waals surface area contributed by atoms with E-state index in [0.717, 1.165) is 17.9 Å². The Balaban J connectivity index is 2.96. The maximum atomic E-state index is 12.1. The summed E-state index contributed by atoms with van der Waals surface area (Å²) in [5.74, 6) is 0.463. The lowest BCUT2D eigenvalue weighted by molar-refractivity contribution is 0.245. The van der Waals surface area contributed by atoms with Crippen molar-refractivity contribution in [2.75, 3.05) is 38.6 Å². The van der Waals surface area contributed by atoms with E-state index in [1.807, 2.05) is 45.8 Å². The van der Waals surface area contributed by atoms with Gasteiger partial charge in [-0.05, 0) is 40.9 Å². The molecule has 6 heteroatoms. The monoisotopic (exact) mass is 265 g/mol. The summed E-state index contributed by atoms with van der Waals surface area (Å²) in [5.41, 5.74) is 1.73. The first-order valence-electron chi connectivity index (χ1n) is 6.46.